The number of ether oxygens (including phenoxy) is 2. The first-order valence-corrected chi connectivity index (χ1v) is 8.45. The standard InChI is InChI=1S/C19H19ClFNO5/c1-11(27-14-6-4-13(26-2)5-7-14)19(25)22-17(10-18(23)24)12-3-8-15(20)16(21)9-12/h3-9,11,17H,10H2,1-2H3,(H,22,25)(H,23,24). The summed E-state index contributed by atoms with van der Waals surface area (Å²) in [5.74, 6) is -1.27. The summed E-state index contributed by atoms with van der Waals surface area (Å²) in [6.07, 6.45) is -1.31. The summed E-state index contributed by atoms with van der Waals surface area (Å²) in [6, 6.07) is 9.61. The van der Waals surface area contributed by atoms with Crippen LogP contribution in [0.2, 0.25) is 5.02 Å². The molecule has 2 unspecified atom stereocenters. The number of carboxylic acids is 1. The van der Waals surface area contributed by atoms with Crippen molar-refractivity contribution >= 4 is 23.5 Å². The second-order valence-electron chi connectivity index (χ2n) is 5.77. The summed E-state index contributed by atoms with van der Waals surface area (Å²) in [5.41, 5.74) is 0.296. The molecule has 0 aliphatic rings. The van der Waals surface area contributed by atoms with Gasteiger partial charge in [-0.1, -0.05) is 17.7 Å². The van der Waals surface area contributed by atoms with E-state index in [2.05, 4.69) is 5.32 Å². The number of carbonyl (C=O) groups excluding carboxylic acids is 1. The Morgan fingerprint density at radius 2 is 1.81 bits per heavy atom. The van der Waals surface area contributed by atoms with Gasteiger partial charge in [-0.2, -0.15) is 0 Å². The molecule has 2 N–H and O–H groups in total. The Bertz CT molecular complexity index is 812. The molecule has 2 atom stereocenters. The molecule has 0 radical (unpaired) electrons. The van der Waals surface area contributed by atoms with Crippen molar-refractivity contribution in [2.75, 3.05) is 7.11 Å². The van der Waals surface area contributed by atoms with Gasteiger partial charge >= 0.3 is 5.97 Å². The van der Waals surface area contributed by atoms with E-state index < -0.39 is 36.3 Å². The van der Waals surface area contributed by atoms with Crippen molar-refractivity contribution in [3.8, 4) is 11.5 Å². The molecule has 0 spiro atoms. The molecule has 0 bridgehead atoms. The molecule has 0 fully saturated rings. The van der Waals surface area contributed by atoms with Crippen LogP contribution in [0.25, 0.3) is 0 Å². The number of rotatable bonds is 8. The number of halogens is 2. The zero-order chi connectivity index (χ0) is 20.0. The molecule has 6 nitrogen and oxygen atoms in total. The molecule has 144 valence electrons. The zero-order valence-electron chi connectivity index (χ0n) is 14.7. The maximum absolute atomic E-state index is 13.7. The van der Waals surface area contributed by atoms with Gasteiger partial charge in [0.1, 0.15) is 17.3 Å². The van der Waals surface area contributed by atoms with E-state index in [1.807, 2.05) is 0 Å². The normalized spacial score (nSPS) is 12.7. The summed E-state index contributed by atoms with van der Waals surface area (Å²) in [6.45, 7) is 1.53. The summed E-state index contributed by atoms with van der Waals surface area (Å²) >= 11 is 5.65. The number of carbonyl (C=O) groups is 2. The Kier molecular flexibility index (Phi) is 7.01. The lowest BCUT2D eigenvalue weighted by molar-refractivity contribution is -0.138. The zero-order valence-corrected chi connectivity index (χ0v) is 15.5. The SMILES string of the molecule is COc1ccc(OC(C)C(=O)NC(CC(=O)O)c2ccc(Cl)c(F)c2)cc1. The van der Waals surface area contributed by atoms with Gasteiger partial charge in [-0.05, 0) is 48.9 Å². The predicted octanol–water partition coefficient (Wildman–Crippen LogP) is 3.59. The Labute approximate surface area is 160 Å². The van der Waals surface area contributed by atoms with Crippen LogP contribution in [0.4, 0.5) is 4.39 Å². The highest BCUT2D eigenvalue weighted by Gasteiger charge is 2.23. The van der Waals surface area contributed by atoms with E-state index in [-0.39, 0.29) is 5.02 Å². The minimum Gasteiger partial charge on any atom is -0.497 e. The maximum Gasteiger partial charge on any atom is 0.305 e. The van der Waals surface area contributed by atoms with E-state index >= 15 is 0 Å². The van der Waals surface area contributed by atoms with Gasteiger partial charge in [0.25, 0.3) is 5.91 Å². The van der Waals surface area contributed by atoms with Crippen LogP contribution in [0.1, 0.15) is 24.9 Å². The number of nitrogens with one attached hydrogen (secondary N) is 1. The fourth-order valence-corrected chi connectivity index (χ4v) is 2.47. The molecule has 0 aliphatic carbocycles. The van der Waals surface area contributed by atoms with Gasteiger partial charge in [0.05, 0.1) is 24.6 Å². The van der Waals surface area contributed by atoms with Crippen LogP contribution in [0, 0.1) is 5.82 Å². The van der Waals surface area contributed by atoms with E-state index in [1.54, 1.807) is 24.3 Å². The van der Waals surface area contributed by atoms with Crippen molar-refractivity contribution < 1.29 is 28.6 Å². The molecule has 0 saturated carbocycles. The van der Waals surface area contributed by atoms with Crippen LogP contribution in [0.3, 0.4) is 0 Å². The monoisotopic (exact) mass is 395 g/mol. The predicted molar refractivity (Wildman–Crippen MR) is 97.6 cm³/mol. The Balaban J connectivity index is 2.09. The molecule has 2 aromatic rings. The first-order valence-electron chi connectivity index (χ1n) is 8.08. The van der Waals surface area contributed by atoms with Crippen LogP contribution in [0.15, 0.2) is 42.5 Å². The quantitative estimate of drug-likeness (QED) is 0.713. The molecule has 2 rings (SSSR count). The van der Waals surface area contributed by atoms with Crippen molar-refractivity contribution in [3.63, 3.8) is 0 Å². The van der Waals surface area contributed by atoms with Gasteiger partial charge < -0.3 is 19.9 Å². The lowest BCUT2D eigenvalue weighted by Gasteiger charge is -2.21. The Morgan fingerprint density at radius 3 is 2.37 bits per heavy atom. The summed E-state index contributed by atoms with van der Waals surface area (Å²) in [7, 11) is 1.54. The van der Waals surface area contributed by atoms with Gasteiger partial charge in [-0.25, -0.2) is 4.39 Å². The fraction of sp³-hybridized carbons (Fsp3) is 0.263. The van der Waals surface area contributed by atoms with E-state index in [0.29, 0.717) is 17.1 Å². The molecule has 27 heavy (non-hydrogen) atoms. The third-order valence-electron chi connectivity index (χ3n) is 3.78. The van der Waals surface area contributed by atoms with Crippen molar-refractivity contribution in [2.24, 2.45) is 0 Å². The van der Waals surface area contributed by atoms with Crippen LogP contribution in [0.5, 0.6) is 11.5 Å². The molecule has 8 heteroatoms. The molecular formula is C19H19ClFNO5. The number of hydrogen-bond donors (Lipinski definition) is 2. The number of amides is 1. The summed E-state index contributed by atoms with van der Waals surface area (Å²) < 4.78 is 24.3. The number of carboxylic acid groups (broad SMARTS) is 1. The number of aliphatic carboxylic acids is 1. The molecular weight excluding hydrogens is 377 g/mol. The Hall–Kier alpha value is -2.80. The third-order valence-corrected chi connectivity index (χ3v) is 4.09. The first-order chi connectivity index (χ1) is 12.8. The van der Waals surface area contributed by atoms with Crippen molar-refractivity contribution in [1.82, 2.24) is 5.32 Å². The van der Waals surface area contributed by atoms with E-state index in [9.17, 15) is 14.0 Å². The lowest BCUT2D eigenvalue weighted by atomic mass is 10.0. The third kappa shape index (κ3) is 5.86. The highest BCUT2D eigenvalue weighted by molar-refractivity contribution is 6.30. The van der Waals surface area contributed by atoms with Crippen LogP contribution >= 0.6 is 11.6 Å². The average Bonchev–Trinajstić information content (AvgIpc) is 2.63. The lowest BCUT2D eigenvalue weighted by Crippen LogP contribution is -2.39. The summed E-state index contributed by atoms with van der Waals surface area (Å²) in [5, 5.41) is 11.6. The van der Waals surface area contributed by atoms with Gasteiger partial charge in [-0.15, -0.1) is 0 Å². The largest absolute Gasteiger partial charge is 0.497 e. The highest BCUT2D eigenvalue weighted by atomic mass is 35.5. The minimum atomic E-state index is -1.14. The van der Waals surface area contributed by atoms with E-state index in [4.69, 9.17) is 26.2 Å². The van der Waals surface area contributed by atoms with Crippen LogP contribution in [-0.2, 0) is 9.59 Å². The Morgan fingerprint density at radius 1 is 1.19 bits per heavy atom. The molecule has 0 saturated heterocycles. The highest BCUT2D eigenvalue weighted by Crippen LogP contribution is 2.23. The second kappa shape index (κ2) is 9.23. The molecule has 0 heterocycles. The second-order valence-corrected chi connectivity index (χ2v) is 6.18. The van der Waals surface area contributed by atoms with E-state index in [0.717, 1.165) is 6.07 Å². The number of hydrogen-bond acceptors (Lipinski definition) is 4. The topological polar surface area (TPSA) is 84.9 Å². The minimum absolute atomic E-state index is 0.0876. The summed E-state index contributed by atoms with van der Waals surface area (Å²) in [4.78, 5) is 23.5. The number of methoxy groups -OCH3 is 1. The van der Waals surface area contributed by atoms with Gasteiger partial charge in [0.15, 0.2) is 6.10 Å². The fourth-order valence-electron chi connectivity index (χ4n) is 2.36. The van der Waals surface area contributed by atoms with Crippen molar-refractivity contribution in [1.29, 1.82) is 0 Å². The van der Waals surface area contributed by atoms with Gasteiger partial charge in [0, 0.05) is 0 Å². The van der Waals surface area contributed by atoms with Crippen LogP contribution < -0.4 is 14.8 Å². The van der Waals surface area contributed by atoms with Gasteiger partial charge in [-0.3, -0.25) is 9.59 Å². The van der Waals surface area contributed by atoms with Crippen LogP contribution in [-0.4, -0.2) is 30.2 Å². The number of benzene rings is 2. The van der Waals surface area contributed by atoms with Gasteiger partial charge in [0.2, 0.25) is 0 Å². The van der Waals surface area contributed by atoms with Crippen molar-refractivity contribution in [3.05, 3.63) is 58.9 Å². The van der Waals surface area contributed by atoms with Crippen molar-refractivity contribution in [2.45, 2.75) is 25.5 Å². The average molecular weight is 396 g/mol. The first kappa shape index (κ1) is 20.5. The molecule has 0 aromatic heterocycles. The smallest absolute Gasteiger partial charge is 0.305 e. The van der Waals surface area contributed by atoms with E-state index in [1.165, 1.54) is 26.2 Å². The maximum atomic E-state index is 13.7. The molecule has 1 amide bonds. The molecule has 2 aromatic carbocycles. The molecule has 0 aliphatic heterocycles.